The summed E-state index contributed by atoms with van der Waals surface area (Å²) in [5, 5.41) is 19.7. The Labute approximate surface area is 167 Å². The average molecular weight is 430 g/mol. The molecule has 0 amide bonds. The first-order valence-electron chi connectivity index (χ1n) is 9.06. The summed E-state index contributed by atoms with van der Waals surface area (Å²) >= 11 is 3.47. The van der Waals surface area contributed by atoms with Crippen molar-refractivity contribution in [1.29, 1.82) is 0 Å². The molecule has 3 aromatic rings. The summed E-state index contributed by atoms with van der Waals surface area (Å²) in [6.07, 6.45) is 0.857. The van der Waals surface area contributed by atoms with Gasteiger partial charge in [0.05, 0.1) is 6.61 Å². The van der Waals surface area contributed by atoms with E-state index in [1.54, 1.807) is 0 Å². The van der Waals surface area contributed by atoms with Gasteiger partial charge in [0.15, 0.2) is 0 Å². The van der Waals surface area contributed by atoms with E-state index in [9.17, 15) is 9.90 Å². The molecule has 0 saturated carbocycles. The Bertz CT molecular complexity index is 960. The van der Waals surface area contributed by atoms with E-state index in [1.165, 1.54) is 11.1 Å². The lowest BCUT2D eigenvalue weighted by Crippen LogP contribution is -2.08. The highest BCUT2D eigenvalue weighted by atomic mass is 79.9. The number of hydrogen-bond donors (Lipinski definition) is 2. The maximum atomic E-state index is 11.1. The molecular weight excluding hydrogens is 406 g/mol. The van der Waals surface area contributed by atoms with Crippen LogP contribution in [0.25, 0.3) is 10.9 Å². The molecule has 0 aliphatic rings. The largest absolute Gasteiger partial charge is 0.481 e. The zero-order valence-corrected chi connectivity index (χ0v) is 17.2. The molecule has 1 aromatic heterocycles. The number of benzene rings is 2. The van der Waals surface area contributed by atoms with Crippen LogP contribution in [0.4, 0.5) is 0 Å². The second-order valence-electron chi connectivity index (χ2n) is 7.19. The standard InChI is InChI=1S/C22H24BrNO3/c1-14(10-22(26)27)9-19-15(2)24(12-16-3-6-18(23)7-4-16)21-8-5-17(13-25)11-20(19)21/h3-8,11,14,25H,9-10,12-13H2,1-2H3,(H,26,27)/t14-/m1/s1. The SMILES string of the molecule is Cc1c(C[C@@H](C)CC(=O)O)c2cc(CO)ccc2n1Cc1ccc(Br)cc1. The summed E-state index contributed by atoms with van der Waals surface area (Å²) < 4.78 is 3.33. The molecule has 0 bridgehead atoms. The van der Waals surface area contributed by atoms with Crippen molar-refractivity contribution in [1.82, 2.24) is 4.57 Å². The first kappa shape index (κ1) is 19.6. The van der Waals surface area contributed by atoms with Crippen molar-refractivity contribution in [3.63, 3.8) is 0 Å². The molecule has 0 aliphatic heterocycles. The van der Waals surface area contributed by atoms with Gasteiger partial charge in [0, 0.05) is 34.0 Å². The van der Waals surface area contributed by atoms with Crippen molar-refractivity contribution in [2.24, 2.45) is 5.92 Å². The van der Waals surface area contributed by atoms with Gasteiger partial charge >= 0.3 is 5.97 Å². The van der Waals surface area contributed by atoms with Gasteiger partial charge in [0.1, 0.15) is 0 Å². The highest BCUT2D eigenvalue weighted by molar-refractivity contribution is 9.10. The maximum Gasteiger partial charge on any atom is 0.303 e. The second-order valence-corrected chi connectivity index (χ2v) is 8.11. The summed E-state index contributed by atoms with van der Waals surface area (Å²) in [6.45, 7) is 4.82. The minimum absolute atomic E-state index is 0.00298. The highest BCUT2D eigenvalue weighted by Gasteiger charge is 2.18. The summed E-state index contributed by atoms with van der Waals surface area (Å²) in [5.41, 5.74) is 5.52. The van der Waals surface area contributed by atoms with Crippen LogP contribution in [-0.2, 0) is 24.4 Å². The number of carboxylic acids is 1. The summed E-state index contributed by atoms with van der Waals surface area (Å²) in [5.74, 6) is -0.722. The molecule has 27 heavy (non-hydrogen) atoms. The average Bonchev–Trinajstić information content (AvgIpc) is 2.88. The Morgan fingerprint density at radius 1 is 1.15 bits per heavy atom. The summed E-state index contributed by atoms with van der Waals surface area (Å²) in [4.78, 5) is 11.1. The molecule has 5 heteroatoms. The smallest absolute Gasteiger partial charge is 0.303 e. The van der Waals surface area contributed by atoms with Gasteiger partial charge in [-0.15, -0.1) is 0 Å². The quantitative estimate of drug-likeness (QED) is 0.560. The number of halogens is 1. The number of aliphatic carboxylic acids is 1. The Morgan fingerprint density at radius 3 is 2.44 bits per heavy atom. The van der Waals surface area contributed by atoms with Gasteiger partial charge in [-0.1, -0.05) is 41.1 Å². The number of nitrogens with zero attached hydrogens (tertiary/aromatic N) is 1. The van der Waals surface area contributed by atoms with E-state index in [0.717, 1.165) is 33.2 Å². The maximum absolute atomic E-state index is 11.1. The third-order valence-corrected chi connectivity index (χ3v) is 5.56. The molecule has 3 rings (SSSR count). The van der Waals surface area contributed by atoms with Crippen LogP contribution in [0.5, 0.6) is 0 Å². The molecule has 0 fully saturated rings. The fourth-order valence-electron chi connectivity index (χ4n) is 3.65. The van der Waals surface area contributed by atoms with E-state index in [2.05, 4.69) is 45.6 Å². The lowest BCUT2D eigenvalue weighted by Gasteiger charge is -2.11. The van der Waals surface area contributed by atoms with Crippen LogP contribution < -0.4 is 0 Å². The first-order valence-corrected chi connectivity index (χ1v) is 9.86. The van der Waals surface area contributed by atoms with Crippen molar-refractivity contribution >= 4 is 32.8 Å². The van der Waals surface area contributed by atoms with E-state index in [4.69, 9.17) is 5.11 Å². The Morgan fingerprint density at radius 2 is 1.81 bits per heavy atom. The number of rotatable bonds is 7. The molecule has 4 nitrogen and oxygen atoms in total. The normalized spacial score (nSPS) is 12.4. The summed E-state index contributed by atoms with van der Waals surface area (Å²) in [6, 6.07) is 14.3. The van der Waals surface area contributed by atoms with Crippen molar-refractivity contribution in [2.75, 3.05) is 0 Å². The van der Waals surface area contributed by atoms with Crippen molar-refractivity contribution in [2.45, 2.75) is 39.8 Å². The van der Waals surface area contributed by atoms with Gasteiger partial charge in [0.25, 0.3) is 0 Å². The monoisotopic (exact) mass is 429 g/mol. The van der Waals surface area contributed by atoms with Crippen LogP contribution in [0.1, 0.15) is 35.7 Å². The Balaban J connectivity index is 2.06. The molecular formula is C22H24BrNO3. The number of carboxylic acid groups (broad SMARTS) is 1. The number of aliphatic hydroxyl groups excluding tert-OH is 1. The minimum Gasteiger partial charge on any atom is -0.481 e. The number of aromatic nitrogens is 1. The van der Waals surface area contributed by atoms with E-state index in [-0.39, 0.29) is 18.9 Å². The zero-order chi connectivity index (χ0) is 19.6. The van der Waals surface area contributed by atoms with Crippen LogP contribution in [0.3, 0.4) is 0 Å². The Kier molecular flexibility index (Phi) is 6.02. The van der Waals surface area contributed by atoms with Gasteiger partial charge < -0.3 is 14.8 Å². The molecule has 0 saturated heterocycles. The number of aliphatic hydroxyl groups is 1. The van der Waals surface area contributed by atoms with E-state index < -0.39 is 5.97 Å². The van der Waals surface area contributed by atoms with Crippen LogP contribution in [0, 0.1) is 12.8 Å². The highest BCUT2D eigenvalue weighted by Crippen LogP contribution is 2.30. The number of carbonyl (C=O) groups is 1. The predicted molar refractivity (Wildman–Crippen MR) is 111 cm³/mol. The zero-order valence-electron chi connectivity index (χ0n) is 15.6. The fourth-order valence-corrected chi connectivity index (χ4v) is 3.91. The van der Waals surface area contributed by atoms with E-state index in [0.29, 0.717) is 6.42 Å². The number of hydrogen-bond acceptors (Lipinski definition) is 2. The van der Waals surface area contributed by atoms with Gasteiger partial charge in [-0.25, -0.2) is 0 Å². The van der Waals surface area contributed by atoms with E-state index in [1.807, 2.05) is 31.2 Å². The third kappa shape index (κ3) is 4.42. The molecule has 2 aromatic carbocycles. The van der Waals surface area contributed by atoms with Crippen molar-refractivity contribution in [3.05, 3.63) is 69.3 Å². The van der Waals surface area contributed by atoms with Crippen molar-refractivity contribution in [3.8, 4) is 0 Å². The third-order valence-electron chi connectivity index (χ3n) is 5.03. The Hall–Kier alpha value is -2.11. The molecule has 0 radical (unpaired) electrons. The van der Waals surface area contributed by atoms with Crippen molar-refractivity contribution < 1.29 is 15.0 Å². The minimum atomic E-state index is -0.769. The van der Waals surface area contributed by atoms with Crippen LogP contribution in [0.2, 0.25) is 0 Å². The van der Waals surface area contributed by atoms with Crippen LogP contribution >= 0.6 is 15.9 Å². The molecule has 1 atom stereocenters. The molecule has 142 valence electrons. The lowest BCUT2D eigenvalue weighted by molar-refractivity contribution is -0.137. The molecule has 1 heterocycles. The molecule has 0 spiro atoms. The van der Waals surface area contributed by atoms with Gasteiger partial charge in [-0.2, -0.15) is 0 Å². The molecule has 0 unspecified atom stereocenters. The van der Waals surface area contributed by atoms with Crippen LogP contribution in [0.15, 0.2) is 46.9 Å². The van der Waals surface area contributed by atoms with Gasteiger partial charge in [-0.05, 0) is 60.2 Å². The lowest BCUT2D eigenvalue weighted by atomic mass is 9.95. The number of fused-ring (bicyclic) bond motifs is 1. The fraction of sp³-hybridized carbons (Fsp3) is 0.318. The van der Waals surface area contributed by atoms with Gasteiger partial charge in [0.2, 0.25) is 0 Å². The van der Waals surface area contributed by atoms with Gasteiger partial charge in [-0.3, -0.25) is 4.79 Å². The van der Waals surface area contributed by atoms with E-state index >= 15 is 0 Å². The molecule has 2 N–H and O–H groups in total. The second kappa shape index (κ2) is 8.28. The summed E-state index contributed by atoms with van der Waals surface area (Å²) in [7, 11) is 0. The predicted octanol–water partition coefficient (Wildman–Crippen LogP) is 4.91. The van der Waals surface area contributed by atoms with Crippen LogP contribution in [-0.4, -0.2) is 20.7 Å². The molecule has 0 aliphatic carbocycles. The first-order chi connectivity index (χ1) is 12.9. The topological polar surface area (TPSA) is 62.5 Å².